The Bertz CT molecular complexity index is 690. The van der Waals surface area contributed by atoms with Gasteiger partial charge >= 0.3 is 12.1 Å². The fourth-order valence-electron chi connectivity index (χ4n) is 3.40. The van der Waals surface area contributed by atoms with Crippen molar-refractivity contribution in [2.24, 2.45) is 0 Å². The van der Waals surface area contributed by atoms with E-state index in [0.717, 1.165) is 11.3 Å². The molecule has 1 amide bonds. The van der Waals surface area contributed by atoms with Crippen LogP contribution >= 0.6 is 15.9 Å². The van der Waals surface area contributed by atoms with Crippen LogP contribution in [0.2, 0.25) is 0 Å². The average molecular weight is 441 g/mol. The Hall–Kier alpha value is -1.76. The lowest BCUT2D eigenvalue weighted by Crippen LogP contribution is -2.59. The summed E-state index contributed by atoms with van der Waals surface area (Å²) in [7, 11) is 1.38. The fraction of sp³-hybridized carbons (Fsp3) is 0.600. The van der Waals surface area contributed by atoms with E-state index in [-0.39, 0.29) is 24.1 Å². The van der Waals surface area contributed by atoms with Gasteiger partial charge in [0.1, 0.15) is 5.60 Å². The largest absolute Gasteiger partial charge is 0.465 e. The second-order valence-corrected chi connectivity index (χ2v) is 8.52. The van der Waals surface area contributed by atoms with E-state index in [0.29, 0.717) is 24.0 Å². The number of hydrogen-bond acceptors (Lipinski definition) is 5. The molecule has 1 fully saturated rings. The minimum atomic E-state index is -0.512. The van der Waals surface area contributed by atoms with Crippen molar-refractivity contribution in [1.82, 2.24) is 4.90 Å². The van der Waals surface area contributed by atoms with E-state index in [2.05, 4.69) is 20.8 Å². The van der Waals surface area contributed by atoms with Crippen LogP contribution in [0.4, 0.5) is 10.5 Å². The Morgan fingerprint density at radius 3 is 2.26 bits per heavy atom. The van der Waals surface area contributed by atoms with Crippen molar-refractivity contribution in [2.75, 3.05) is 25.1 Å². The third-order valence-corrected chi connectivity index (χ3v) is 5.13. The van der Waals surface area contributed by atoms with Gasteiger partial charge in [0.2, 0.25) is 0 Å². The predicted octanol–water partition coefficient (Wildman–Crippen LogP) is 4.20. The standard InChI is InChI=1S/C20H29BrN2O4/c1-13-11-22(12-14(2)23(13)19(25)27-20(3,4)5)16-7-8-17(18(24)26-6)15(9-16)10-21/h7-9,13-14H,10-12H2,1-6H3/t13-,14+. The number of esters is 1. The second kappa shape index (κ2) is 8.50. The fourth-order valence-corrected chi connectivity index (χ4v) is 3.87. The van der Waals surface area contributed by atoms with Crippen LogP contribution in [0, 0.1) is 0 Å². The number of amides is 1. The highest BCUT2D eigenvalue weighted by molar-refractivity contribution is 9.08. The van der Waals surface area contributed by atoms with Gasteiger partial charge < -0.3 is 14.4 Å². The monoisotopic (exact) mass is 440 g/mol. The van der Waals surface area contributed by atoms with Gasteiger partial charge in [-0.05, 0) is 58.4 Å². The summed E-state index contributed by atoms with van der Waals surface area (Å²) in [6.07, 6.45) is -0.274. The SMILES string of the molecule is COC(=O)c1ccc(N2C[C@@H](C)N(C(=O)OC(C)(C)C)[C@@H](C)C2)cc1CBr. The molecule has 1 aromatic rings. The Morgan fingerprint density at radius 2 is 1.78 bits per heavy atom. The van der Waals surface area contributed by atoms with Gasteiger partial charge in [-0.25, -0.2) is 9.59 Å². The number of ether oxygens (including phenoxy) is 2. The molecule has 1 aliphatic heterocycles. The van der Waals surface area contributed by atoms with Crippen LogP contribution in [0.15, 0.2) is 18.2 Å². The van der Waals surface area contributed by atoms with Crippen LogP contribution in [0.3, 0.4) is 0 Å². The summed E-state index contributed by atoms with van der Waals surface area (Å²) in [6.45, 7) is 11.1. The van der Waals surface area contributed by atoms with Gasteiger partial charge in [0.25, 0.3) is 0 Å². The Morgan fingerprint density at radius 1 is 1.19 bits per heavy atom. The second-order valence-electron chi connectivity index (χ2n) is 7.96. The lowest BCUT2D eigenvalue weighted by molar-refractivity contribution is 0.00564. The van der Waals surface area contributed by atoms with Crippen LogP contribution in [-0.4, -0.2) is 54.8 Å². The summed E-state index contributed by atoms with van der Waals surface area (Å²) in [4.78, 5) is 28.5. The number of benzene rings is 1. The first-order valence-electron chi connectivity index (χ1n) is 9.10. The topological polar surface area (TPSA) is 59.1 Å². The maximum atomic E-state index is 12.6. The summed E-state index contributed by atoms with van der Waals surface area (Å²) >= 11 is 3.45. The quantitative estimate of drug-likeness (QED) is 0.520. The number of hydrogen-bond donors (Lipinski definition) is 0. The van der Waals surface area contributed by atoms with Crippen molar-refractivity contribution in [3.63, 3.8) is 0 Å². The maximum Gasteiger partial charge on any atom is 0.410 e. The Balaban J connectivity index is 2.19. The molecule has 2 rings (SSSR count). The molecule has 7 heteroatoms. The first kappa shape index (κ1) is 21.5. The summed E-state index contributed by atoms with van der Waals surface area (Å²) in [5, 5.41) is 0.564. The van der Waals surface area contributed by atoms with Crippen LogP contribution in [-0.2, 0) is 14.8 Å². The molecule has 0 radical (unpaired) electrons. The van der Waals surface area contributed by atoms with Crippen molar-refractivity contribution in [3.8, 4) is 0 Å². The lowest BCUT2D eigenvalue weighted by Gasteiger charge is -2.45. The molecule has 0 unspecified atom stereocenters. The van der Waals surface area contributed by atoms with E-state index in [1.165, 1.54) is 7.11 Å². The molecule has 1 heterocycles. The van der Waals surface area contributed by atoms with Gasteiger partial charge in [-0.3, -0.25) is 4.90 Å². The third kappa shape index (κ3) is 5.15. The number of alkyl halides is 1. The third-order valence-electron chi connectivity index (χ3n) is 4.53. The van der Waals surface area contributed by atoms with Crippen molar-refractivity contribution >= 4 is 33.7 Å². The van der Waals surface area contributed by atoms with Gasteiger partial charge in [0.15, 0.2) is 0 Å². The summed E-state index contributed by atoms with van der Waals surface area (Å²) in [5.74, 6) is -0.340. The van der Waals surface area contributed by atoms with E-state index < -0.39 is 5.60 Å². The molecule has 0 aliphatic carbocycles. The Kier molecular flexibility index (Phi) is 6.78. The Labute approximate surface area is 169 Å². The summed E-state index contributed by atoms with van der Waals surface area (Å²) < 4.78 is 10.4. The number of carbonyl (C=O) groups excluding carboxylic acids is 2. The molecule has 1 saturated heterocycles. The maximum absolute atomic E-state index is 12.6. The predicted molar refractivity (Wildman–Crippen MR) is 110 cm³/mol. The van der Waals surface area contributed by atoms with E-state index in [1.807, 2.05) is 51.7 Å². The minimum Gasteiger partial charge on any atom is -0.465 e. The molecule has 6 nitrogen and oxygen atoms in total. The molecule has 0 spiro atoms. The van der Waals surface area contributed by atoms with Crippen LogP contribution in [0.1, 0.15) is 50.5 Å². The highest BCUT2D eigenvalue weighted by Gasteiger charge is 2.35. The highest BCUT2D eigenvalue weighted by atomic mass is 79.9. The first-order chi connectivity index (χ1) is 12.6. The summed E-state index contributed by atoms with van der Waals surface area (Å²) in [5.41, 5.74) is 1.96. The molecular formula is C20H29BrN2O4. The number of methoxy groups -OCH3 is 1. The van der Waals surface area contributed by atoms with E-state index in [1.54, 1.807) is 6.07 Å². The molecule has 0 bridgehead atoms. The molecule has 0 N–H and O–H groups in total. The number of nitrogens with zero attached hydrogens (tertiary/aromatic N) is 2. The van der Waals surface area contributed by atoms with E-state index in [9.17, 15) is 9.59 Å². The summed E-state index contributed by atoms with van der Waals surface area (Å²) in [6, 6.07) is 5.75. The zero-order valence-corrected chi connectivity index (χ0v) is 18.5. The zero-order valence-electron chi connectivity index (χ0n) is 16.9. The number of anilines is 1. The molecule has 27 heavy (non-hydrogen) atoms. The van der Waals surface area contributed by atoms with Crippen LogP contribution in [0.25, 0.3) is 0 Å². The molecule has 0 saturated carbocycles. The molecule has 2 atom stereocenters. The van der Waals surface area contributed by atoms with E-state index >= 15 is 0 Å². The lowest BCUT2D eigenvalue weighted by atomic mass is 10.0. The van der Waals surface area contributed by atoms with Crippen molar-refractivity contribution in [1.29, 1.82) is 0 Å². The number of halogens is 1. The molecule has 150 valence electrons. The van der Waals surface area contributed by atoms with Crippen molar-refractivity contribution in [2.45, 2.75) is 57.6 Å². The minimum absolute atomic E-state index is 0.0105. The molecule has 1 aromatic carbocycles. The van der Waals surface area contributed by atoms with Gasteiger partial charge in [0, 0.05) is 24.1 Å². The van der Waals surface area contributed by atoms with Gasteiger partial charge in [0.05, 0.1) is 24.8 Å². The number of carbonyl (C=O) groups is 2. The van der Waals surface area contributed by atoms with Gasteiger partial charge in [-0.1, -0.05) is 15.9 Å². The van der Waals surface area contributed by atoms with Gasteiger partial charge in [-0.15, -0.1) is 0 Å². The average Bonchev–Trinajstić information content (AvgIpc) is 2.58. The number of piperazine rings is 1. The first-order valence-corrected chi connectivity index (χ1v) is 10.2. The number of rotatable bonds is 3. The highest BCUT2D eigenvalue weighted by Crippen LogP contribution is 2.27. The zero-order chi connectivity index (χ0) is 20.4. The van der Waals surface area contributed by atoms with Crippen LogP contribution < -0.4 is 4.90 Å². The van der Waals surface area contributed by atoms with Crippen LogP contribution in [0.5, 0.6) is 0 Å². The molecule has 0 aromatic heterocycles. The smallest absolute Gasteiger partial charge is 0.410 e. The molecule has 1 aliphatic rings. The molecular weight excluding hydrogens is 412 g/mol. The normalized spacial score (nSPS) is 20.4. The van der Waals surface area contributed by atoms with Crippen molar-refractivity contribution < 1.29 is 19.1 Å². The van der Waals surface area contributed by atoms with Crippen molar-refractivity contribution in [3.05, 3.63) is 29.3 Å². The van der Waals surface area contributed by atoms with Gasteiger partial charge in [-0.2, -0.15) is 0 Å². The van der Waals surface area contributed by atoms with E-state index in [4.69, 9.17) is 9.47 Å².